The molecule has 1 atom stereocenters. The van der Waals surface area contributed by atoms with Gasteiger partial charge in [0, 0.05) is 5.02 Å². The van der Waals surface area contributed by atoms with Crippen molar-refractivity contribution in [2.24, 2.45) is 5.10 Å². The zero-order valence-corrected chi connectivity index (χ0v) is 18.2. The van der Waals surface area contributed by atoms with E-state index in [1.54, 1.807) is 73.7 Å². The molecule has 0 fully saturated rings. The highest BCUT2D eigenvalue weighted by Crippen LogP contribution is 2.28. The number of carbonyl (C=O) groups excluding carboxylic acids is 2. The molecule has 0 saturated heterocycles. The second kappa shape index (κ2) is 11.0. The van der Waals surface area contributed by atoms with Gasteiger partial charge in [0.1, 0.15) is 5.75 Å². The second-order valence-corrected chi connectivity index (χ2v) is 7.05. The molecule has 0 aliphatic heterocycles. The monoisotopic (exact) mass is 452 g/mol. The lowest BCUT2D eigenvalue weighted by Gasteiger charge is -2.13. The number of hydrogen-bond donors (Lipinski definition) is 1. The third-order valence-corrected chi connectivity index (χ3v) is 4.54. The minimum Gasteiger partial charge on any atom is -0.493 e. The summed E-state index contributed by atoms with van der Waals surface area (Å²) in [5.74, 6) is 0.228. The Labute approximate surface area is 190 Å². The summed E-state index contributed by atoms with van der Waals surface area (Å²) in [6, 6.07) is 20.3. The predicted octanol–water partition coefficient (Wildman–Crippen LogP) is 4.49. The first-order chi connectivity index (χ1) is 15.5. The van der Waals surface area contributed by atoms with Crippen molar-refractivity contribution in [2.45, 2.75) is 13.0 Å². The van der Waals surface area contributed by atoms with E-state index in [1.807, 2.05) is 6.07 Å². The predicted molar refractivity (Wildman–Crippen MR) is 122 cm³/mol. The molecule has 3 aromatic rings. The van der Waals surface area contributed by atoms with Crippen LogP contribution in [0.5, 0.6) is 17.2 Å². The Morgan fingerprint density at radius 2 is 1.72 bits per heavy atom. The van der Waals surface area contributed by atoms with Crippen molar-refractivity contribution >= 4 is 29.7 Å². The molecule has 32 heavy (non-hydrogen) atoms. The minimum atomic E-state index is -0.761. The Morgan fingerprint density at radius 3 is 2.41 bits per heavy atom. The van der Waals surface area contributed by atoms with Crippen molar-refractivity contribution in [1.29, 1.82) is 0 Å². The van der Waals surface area contributed by atoms with Gasteiger partial charge < -0.3 is 14.2 Å². The highest BCUT2D eigenvalue weighted by atomic mass is 35.5. The second-order valence-electron chi connectivity index (χ2n) is 6.61. The topological polar surface area (TPSA) is 86.2 Å². The highest BCUT2D eigenvalue weighted by Gasteiger charge is 2.14. The Hall–Kier alpha value is -3.84. The molecule has 3 rings (SSSR count). The van der Waals surface area contributed by atoms with Crippen LogP contribution in [0.1, 0.15) is 22.8 Å². The van der Waals surface area contributed by atoms with Gasteiger partial charge in [0.05, 0.1) is 18.9 Å². The van der Waals surface area contributed by atoms with Crippen molar-refractivity contribution in [3.05, 3.63) is 88.9 Å². The van der Waals surface area contributed by atoms with Crippen molar-refractivity contribution in [3.63, 3.8) is 0 Å². The van der Waals surface area contributed by atoms with Crippen LogP contribution in [0.25, 0.3) is 0 Å². The summed E-state index contributed by atoms with van der Waals surface area (Å²) in [6.45, 7) is 1.61. The Kier molecular flexibility index (Phi) is 7.83. The molecule has 0 heterocycles. The van der Waals surface area contributed by atoms with E-state index in [-0.39, 0.29) is 5.75 Å². The van der Waals surface area contributed by atoms with Crippen molar-refractivity contribution < 1.29 is 23.8 Å². The van der Waals surface area contributed by atoms with Gasteiger partial charge in [-0.15, -0.1) is 0 Å². The summed E-state index contributed by atoms with van der Waals surface area (Å²) in [5, 5.41) is 4.52. The van der Waals surface area contributed by atoms with Crippen LogP contribution in [0.15, 0.2) is 77.9 Å². The number of ether oxygens (including phenoxy) is 3. The van der Waals surface area contributed by atoms with E-state index in [4.69, 9.17) is 25.8 Å². The zero-order valence-electron chi connectivity index (χ0n) is 17.4. The number of rotatable bonds is 8. The maximum atomic E-state index is 12.3. The Bertz CT molecular complexity index is 1100. The van der Waals surface area contributed by atoms with E-state index in [0.29, 0.717) is 27.6 Å². The fourth-order valence-corrected chi connectivity index (χ4v) is 2.74. The molecule has 3 aromatic carbocycles. The summed E-state index contributed by atoms with van der Waals surface area (Å²) in [6.07, 6.45) is 0.681. The van der Waals surface area contributed by atoms with Crippen molar-refractivity contribution in [3.8, 4) is 17.2 Å². The fraction of sp³-hybridized carbons (Fsp3) is 0.125. The maximum Gasteiger partial charge on any atom is 0.343 e. The van der Waals surface area contributed by atoms with Crippen LogP contribution >= 0.6 is 11.6 Å². The van der Waals surface area contributed by atoms with Crippen LogP contribution in [-0.4, -0.2) is 31.3 Å². The molecule has 0 spiro atoms. The van der Waals surface area contributed by atoms with E-state index in [9.17, 15) is 9.59 Å². The highest BCUT2D eigenvalue weighted by molar-refractivity contribution is 6.30. The van der Waals surface area contributed by atoms with Gasteiger partial charge >= 0.3 is 5.97 Å². The molecule has 0 aliphatic carbocycles. The number of benzene rings is 3. The lowest BCUT2D eigenvalue weighted by molar-refractivity contribution is -0.127. The zero-order chi connectivity index (χ0) is 22.9. The molecule has 8 heteroatoms. The molecule has 1 N–H and O–H groups in total. The number of hydrogen-bond acceptors (Lipinski definition) is 6. The third-order valence-electron chi connectivity index (χ3n) is 4.28. The van der Waals surface area contributed by atoms with Crippen LogP contribution in [0.2, 0.25) is 5.02 Å². The van der Waals surface area contributed by atoms with E-state index in [1.165, 1.54) is 13.3 Å². The number of amides is 1. The molecular formula is C24H21ClN2O5. The number of methoxy groups -OCH3 is 1. The van der Waals surface area contributed by atoms with Crippen LogP contribution in [-0.2, 0) is 4.79 Å². The van der Waals surface area contributed by atoms with Gasteiger partial charge in [0.15, 0.2) is 17.6 Å². The summed E-state index contributed by atoms with van der Waals surface area (Å²) in [4.78, 5) is 24.4. The normalized spacial score (nSPS) is 11.6. The molecule has 0 aliphatic rings. The van der Waals surface area contributed by atoms with Crippen LogP contribution < -0.4 is 19.6 Å². The van der Waals surface area contributed by atoms with E-state index < -0.39 is 18.0 Å². The van der Waals surface area contributed by atoms with Gasteiger partial charge in [-0.25, -0.2) is 10.2 Å². The summed E-state index contributed by atoms with van der Waals surface area (Å²) in [5.41, 5.74) is 3.48. The van der Waals surface area contributed by atoms with Crippen LogP contribution in [0.3, 0.4) is 0 Å². The SMILES string of the molecule is COc1cc(/C=N/NC(=O)C(C)Oc2ccc(Cl)cc2)ccc1OC(=O)c1ccccc1. The van der Waals surface area contributed by atoms with Gasteiger partial charge in [-0.2, -0.15) is 5.10 Å². The number of halogens is 1. The van der Waals surface area contributed by atoms with Gasteiger partial charge in [0.2, 0.25) is 0 Å². The lowest BCUT2D eigenvalue weighted by atomic mass is 10.2. The van der Waals surface area contributed by atoms with E-state index >= 15 is 0 Å². The van der Waals surface area contributed by atoms with Gasteiger partial charge in [-0.3, -0.25) is 4.79 Å². The first-order valence-corrected chi connectivity index (χ1v) is 10.0. The average molecular weight is 453 g/mol. The molecule has 7 nitrogen and oxygen atoms in total. The largest absolute Gasteiger partial charge is 0.493 e. The number of hydrazone groups is 1. The first-order valence-electron chi connectivity index (χ1n) is 9.66. The smallest absolute Gasteiger partial charge is 0.343 e. The van der Waals surface area contributed by atoms with E-state index in [0.717, 1.165) is 0 Å². The van der Waals surface area contributed by atoms with E-state index in [2.05, 4.69) is 10.5 Å². The number of esters is 1. The molecule has 0 bridgehead atoms. The summed E-state index contributed by atoms with van der Waals surface area (Å²) < 4.78 is 16.3. The maximum absolute atomic E-state index is 12.3. The summed E-state index contributed by atoms with van der Waals surface area (Å²) in [7, 11) is 1.47. The molecule has 164 valence electrons. The molecule has 1 amide bonds. The van der Waals surface area contributed by atoms with Gasteiger partial charge in [0.25, 0.3) is 5.91 Å². The number of nitrogens with zero attached hydrogens (tertiary/aromatic N) is 1. The van der Waals surface area contributed by atoms with Crippen molar-refractivity contribution in [1.82, 2.24) is 5.43 Å². The minimum absolute atomic E-state index is 0.271. The molecular weight excluding hydrogens is 432 g/mol. The van der Waals surface area contributed by atoms with Gasteiger partial charge in [-0.1, -0.05) is 29.8 Å². The standard InChI is InChI=1S/C24H21ClN2O5/c1-16(31-20-11-9-19(25)10-12-20)23(28)27-26-15-17-8-13-21(22(14-17)30-2)32-24(29)18-6-4-3-5-7-18/h3-16H,1-2H3,(H,27,28)/b26-15+. The summed E-state index contributed by atoms with van der Waals surface area (Å²) >= 11 is 5.83. The molecule has 0 saturated carbocycles. The molecule has 0 radical (unpaired) electrons. The molecule has 1 unspecified atom stereocenters. The number of carbonyl (C=O) groups is 2. The van der Waals surface area contributed by atoms with Gasteiger partial charge in [-0.05, 0) is 67.1 Å². The Morgan fingerprint density at radius 1 is 1.00 bits per heavy atom. The average Bonchev–Trinajstić information content (AvgIpc) is 2.81. The fourth-order valence-electron chi connectivity index (χ4n) is 2.61. The van der Waals surface area contributed by atoms with Crippen LogP contribution in [0.4, 0.5) is 0 Å². The third kappa shape index (κ3) is 6.33. The quantitative estimate of drug-likeness (QED) is 0.235. The Balaban J connectivity index is 1.58. The lowest BCUT2D eigenvalue weighted by Crippen LogP contribution is -2.33. The van der Waals surface area contributed by atoms with Crippen LogP contribution in [0, 0.1) is 0 Å². The number of nitrogens with one attached hydrogen (secondary N) is 1. The molecule has 0 aromatic heterocycles. The van der Waals surface area contributed by atoms with Crippen molar-refractivity contribution in [2.75, 3.05) is 7.11 Å². The first kappa shape index (κ1) is 22.8.